The molecule has 0 aliphatic heterocycles. The third kappa shape index (κ3) is 2.99. The second-order valence-electron chi connectivity index (χ2n) is 5.67. The number of carbonyl (C=O) groups excluding carboxylic acids is 1. The van der Waals surface area contributed by atoms with E-state index in [0.717, 1.165) is 19.3 Å². The monoisotopic (exact) mass is 241 g/mol. The number of hydrogen-bond acceptors (Lipinski definition) is 2. The number of carbonyl (C=O) groups is 2. The zero-order valence-corrected chi connectivity index (χ0v) is 11.0. The molecule has 0 spiro atoms. The van der Waals surface area contributed by atoms with Gasteiger partial charge in [0.1, 0.15) is 5.41 Å². The van der Waals surface area contributed by atoms with E-state index in [1.54, 1.807) is 0 Å². The van der Waals surface area contributed by atoms with Gasteiger partial charge in [0.15, 0.2) is 0 Å². The van der Waals surface area contributed by atoms with Gasteiger partial charge in [-0.15, -0.1) is 0 Å². The second-order valence-corrected chi connectivity index (χ2v) is 5.67. The van der Waals surface area contributed by atoms with Crippen LogP contribution in [0.25, 0.3) is 0 Å². The molecule has 0 heterocycles. The average molecular weight is 241 g/mol. The van der Waals surface area contributed by atoms with Crippen LogP contribution in [0.5, 0.6) is 0 Å². The number of nitrogens with one attached hydrogen (secondary N) is 1. The quantitative estimate of drug-likeness (QED) is 0.725. The summed E-state index contributed by atoms with van der Waals surface area (Å²) in [6.45, 7) is 5.63. The van der Waals surface area contributed by atoms with Crippen molar-refractivity contribution in [2.75, 3.05) is 6.54 Å². The van der Waals surface area contributed by atoms with Crippen LogP contribution in [-0.2, 0) is 9.59 Å². The molecule has 0 bridgehead atoms. The Morgan fingerprint density at radius 1 is 1.29 bits per heavy atom. The van der Waals surface area contributed by atoms with Gasteiger partial charge in [0.2, 0.25) is 5.91 Å². The lowest BCUT2D eigenvalue weighted by molar-refractivity contribution is -0.153. The summed E-state index contributed by atoms with van der Waals surface area (Å²) in [7, 11) is 0. The summed E-state index contributed by atoms with van der Waals surface area (Å²) < 4.78 is 0. The van der Waals surface area contributed by atoms with E-state index in [0.29, 0.717) is 6.54 Å². The van der Waals surface area contributed by atoms with Gasteiger partial charge < -0.3 is 10.4 Å². The van der Waals surface area contributed by atoms with Gasteiger partial charge in [0, 0.05) is 6.54 Å². The van der Waals surface area contributed by atoms with Gasteiger partial charge in [-0.3, -0.25) is 9.59 Å². The van der Waals surface area contributed by atoms with E-state index in [4.69, 9.17) is 5.11 Å². The number of carboxylic acid groups (broad SMARTS) is 1. The van der Waals surface area contributed by atoms with Gasteiger partial charge in [0.25, 0.3) is 0 Å². The van der Waals surface area contributed by atoms with Gasteiger partial charge in [0.05, 0.1) is 0 Å². The fourth-order valence-electron chi connectivity index (χ4n) is 2.37. The van der Waals surface area contributed by atoms with Crippen LogP contribution in [-0.4, -0.2) is 23.5 Å². The number of aliphatic carboxylic acids is 1. The molecule has 0 atom stereocenters. The van der Waals surface area contributed by atoms with Crippen molar-refractivity contribution in [1.29, 1.82) is 0 Å². The Morgan fingerprint density at radius 3 is 2.24 bits per heavy atom. The maximum absolute atomic E-state index is 11.8. The van der Waals surface area contributed by atoms with E-state index < -0.39 is 11.4 Å². The standard InChI is InChI=1S/C13H23NO3/c1-4-13(7-5-6-8-13)9-14-10(15)12(2,3)11(16)17/h4-9H2,1-3H3,(H,14,15)(H,16,17). The smallest absolute Gasteiger partial charge is 0.318 e. The molecule has 1 saturated carbocycles. The molecule has 17 heavy (non-hydrogen) atoms. The Morgan fingerprint density at radius 2 is 1.82 bits per heavy atom. The largest absolute Gasteiger partial charge is 0.480 e. The Hall–Kier alpha value is -1.06. The summed E-state index contributed by atoms with van der Waals surface area (Å²) in [5, 5.41) is 11.8. The Balaban J connectivity index is 2.56. The molecule has 0 unspecified atom stereocenters. The van der Waals surface area contributed by atoms with E-state index in [9.17, 15) is 9.59 Å². The molecule has 0 aromatic carbocycles. The van der Waals surface area contributed by atoms with Crippen LogP contribution in [0.4, 0.5) is 0 Å². The van der Waals surface area contributed by atoms with Crippen LogP contribution in [0.3, 0.4) is 0 Å². The van der Waals surface area contributed by atoms with E-state index in [1.807, 2.05) is 0 Å². The Bertz CT molecular complexity index is 304. The molecule has 1 aliphatic rings. The molecule has 0 aromatic heterocycles. The lowest BCUT2D eigenvalue weighted by Crippen LogP contribution is -2.45. The summed E-state index contributed by atoms with van der Waals surface area (Å²) in [6, 6.07) is 0. The number of rotatable bonds is 5. The van der Waals surface area contributed by atoms with Crippen molar-refractivity contribution in [3.63, 3.8) is 0 Å². The first-order chi connectivity index (χ1) is 7.84. The third-order valence-electron chi connectivity index (χ3n) is 4.14. The van der Waals surface area contributed by atoms with E-state index >= 15 is 0 Å². The van der Waals surface area contributed by atoms with Gasteiger partial charge in [-0.25, -0.2) is 0 Å². The molecule has 1 amide bonds. The zero-order valence-electron chi connectivity index (χ0n) is 11.0. The molecule has 1 rings (SSSR count). The molecule has 0 aromatic rings. The highest BCUT2D eigenvalue weighted by molar-refractivity contribution is 6.00. The van der Waals surface area contributed by atoms with Crippen molar-refractivity contribution in [3.05, 3.63) is 0 Å². The zero-order chi connectivity index (χ0) is 13.1. The van der Waals surface area contributed by atoms with Crippen LogP contribution in [0, 0.1) is 10.8 Å². The molecule has 4 nitrogen and oxygen atoms in total. The predicted octanol–water partition coefficient (Wildman–Crippen LogP) is 2.18. The van der Waals surface area contributed by atoms with Crippen molar-refractivity contribution < 1.29 is 14.7 Å². The second kappa shape index (κ2) is 5.07. The SMILES string of the molecule is CCC1(CNC(=O)C(C)(C)C(=O)O)CCCC1. The maximum Gasteiger partial charge on any atom is 0.318 e. The van der Waals surface area contributed by atoms with Crippen molar-refractivity contribution in [1.82, 2.24) is 5.32 Å². The van der Waals surface area contributed by atoms with Gasteiger partial charge in [-0.2, -0.15) is 0 Å². The maximum atomic E-state index is 11.8. The van der Waals surface area contributed by atoms with Crippen LogP contribution >= 0.6 is 0 Å². The van der Waals surface area contributed by atoms with Crippen LogP contribution in [0.15, 0.2) is 0 Å². The van der Waals surface area contributed by atoms with Crippen LogP contribution < -0.4 is 5.32 Å². The highest BCUT2D eigenvalue weighted by Crippen LogP contribution is 2.40. The van der Waals surface area contributed by atoms with Crippen molar-refractivity contribution in [2.24, 2.45) is 10.8 Å². The molecule has 1 fully saturated rings. The highest BCUT2D eigenvalue weighted by Gasteiger charge is 2.38. The van der Waals surface area contributed by atoms with Gasteiger partial charge in [-0.1, -0.05) is 19.8 Å². The Kier molecular flexibility index (Phi) is 4.17. The summed E-state index contributed by atoms with van der Waals surface area (Å²) in [4.78, 5) is 22.8. The minimum atomic E-state index is -1.34. The minimum absolute atomic E-state index is 0.199. The fraction of sp³-hybridized carbons (Fsp3) is 0.846. The normalized spacial score (nSPS) is 19.0. The predicted molar refractivity (Wildman–Crippen MR) is 65.6 cm³/mol. The number of carboxylic acids is 1. The van der Waals surface area contributed by atoms with Crippen LogP contribution in [0.1, 0.15) is 52.9 Å². The molecule has 98 valence electrons. The summed E-state index contributed by atoms with van der Waals surface area (Å²) in [5.74, 6) is -1.46. The number of hydrogen-bond donors (Lipinski definition) is 2. The fourth-order valence-corrected chi connectivity index (χ4v) is 2.37. The van der Waals surface area contributed by atoms with Gasteiger partial charge >= 0.3 is 5.97 Å². The lowest BCUT2D eigenvalue weighted by atomic mass is 9.82. The molecule has 2 N–H and O–H groups in total. The van der Waals surface area contributed by atoms with Crippen molar-refractivity contribution in [3.8, 4) is 0 Å². The molecule has 1 aliphatic carbocycles. The Labute approximate surface area is 103 Å². The average Bonchev–Trinajstić information content (AvgIpc) is 2.75. The van der Waals surface area contributed by atoms with Crippen molar-refractivity contribution >= 4 is 11.9 Å². The topological polar surface area (TPSA) is 66.4 Å². The molecule has 4 heteroatoms. The third-order valence-corrected chi connectivity index (χ3v) is 4.14. The highest BCUT2D eigenvalue weighted by atomic mass is 16.4. The summed E-state index contributed by atoms with van der Waals surface area (Å²) in [5.41, 5.74) is -1.14. The van der Waals surface area contributed by atoms with Crippen LogP contribution in [0.2, 0.25) is 0 Å². The van der Waals surface area contributed by atoms with Crippen molar-refractivity contribution in [2.45, 2.75) is 52.9 Å². The first-order valence-corrected chi connectivity index (χ1v) is 6.36. The summed E-state index contributed by atoms with van der Waals surface area (Å²) in [6.07, 6.45) is 5.74. The van der Waals surface area contributed by atoms with E-state index in [-0.39, 0.29) is 11.3 Å². The number of amides is 1. The first kappa shape index (κ1) is 14.0. The van der Waals surface area contributed by atoms with Gasteiger partial charge in [-0.05, 0) is 38.5 Å². The molecule has 0 saturated heterocycles. The first-order valence-electron chi connectivity index (χ1n) is 6.36. The molecular formula is C13H23NO3. The minimum Gasteiger partial charge on any atom is -0.480 e. The van der Waals surface area contributed by atoms with E-state index in [2.05, 4.69) is 12.2 Å². The molecular weight excluding hydrogens is 218 g/mol. The lowest BCUT2D eigenvalue weighted by Gasteiger charge is -2.29. The molecule has 0 radical (unpaired) electrons. The van der Waals surface area contributed by atoms with E-state index in [1.165, 1.54) is 26.7 Å². The summed E-state index contributed by atoms with van der Waals surface area (Å²) >= 11 is 0.